The Morgan fingerprint density at radius 1 is 0.800 bits per heavy atom. The first-order valence-electron chi connectivity index (χ1n) is 7.82. The standard InChI is InChI=1S/C21H14F2O2/c22-20-17-10-15(12-6-8-14(24)9-7-12)19(13-4-2-1-3-5-13)16(17)11-18(25)21(20)23/h1-11,20,24-25H. The summed E-state index contributed by atoms with van der Waals surface area (Å²) in [6, 6.07) is 15.9. The van der Waals surface area contributed by atoms with Crippen molar-refractivity contribution < 1.29 is 19.0 Å². The summed E-state index contributed by atoms with van der Waals surface area (Å²) in [6.07, 6.45) is 0.887. The molecule has 2 aliphatic carbocycles. The second kappa shape index (κ2) is 5.74. The smallest absolute Gasteiger partial charge is 0.181 e. The molecule has 2 aromatic rings. The molecule has 4 rings (SSSR count). The molecule has 0 spiro atoms. The van der Waals surface area contributed by atoms with E-state index in [1.165, 1.54) is 6.08 Å². The van der Waals surface area contributed by atoms with Crippen LogP contribution in [0.2, 0.25) is 0 Å². The lowest BCUT2D eigenvalue weighted by Gasteiger charge is -2.18. The topological polar surface area (TPSA) is 40.5 Å². The molecule has 2 N–H and O–H groups in total. The van der Waals surface area contributed by atoms with Gasteiger partial charge in [-0.2, -0.15) is 0 Å². The van der Waals surface area contributed by atoms with Crippen molar-refractivity contribution in [1.82, 2.24) is 0 Å². The van der Waals surface area contributed by atoms with Gasteiger partial charge in [-0.1, -0.05) is 42.5 Å². The highest BCUT2D eigenvalue weighted by Gasteiger charge is 2.35. The molecule has 1 atom stereocenters. The van der Waals surface area contributed by atoms with E-state index < -0.39 is 17.8 Å². The minimum atomic E-state index is -1.99. The molecule has 0 saturated carbocycles. The maximum atomic E-state index is 14.5. The van der Waals surface area contributed by atoms with Gasteiger partial charge in [0.15, 0.2) is 17.8 Å². The Bertz CT molecular complexity index is 965. The SMILES string of the molecule is OC1=C(F)C(F)C2=CC(c3ccc(O)cc3)=C(c3ccccc3)C2=C1. The number of hydrogen-bond donors (Lipinski definition) is 2. The molecule has 0 amide bonds. The van der Waals surface area contributed by atoms with Gasteiger partial charge in [-0.15, -0.1) is 0 Å². The fourth-order valence-electron chi connectivity index (χ4n) is 3.22. The first-order chi connectivity index (χ1) is 12.1. The summed E-state index contributed by atoms with van der Waals surface area (Å²) in [6.45, 7) is 0. The van der Waals surface area contributed by atoms with Gasteiger partial charge in [0.05, 0.1) is 0 Å². The number of rotatable bonds is 2. The van der Waals surface area contributed by atoms with Crippen LogP contribution in [0, 0.1) is 0 Å². The molecule has 2 aromatic carbocycles. The Balaban J connectivity index is 1.97. The van der Waals surface area contributed by atoms with Crippen molar-refractivity contribution >= 4 is 11.1 Å². The molecule has 0 fully saturated rings. The van der Waals surface area contributed by atoms with Crippen LogP contribution in [-0.4, -0.2) is 16.4 Å². The molecular formula is C21H14F2O2. The summed E-state index contributed by atoms with van der Waals surface area (Å²) >= 11 is 0. The summed E-state index contributed by atoms with van der Waals surface area (Å²) in [5, 5.41) is 19.3. The number of alkyl halides is 1. The molecule has 2 aliphatic rings. The van der Waals surface area contributed by atoms with E-state index in [0.717, 1.165) is 22.3 Å². The molecule has 0 aliphatic heterocycles. The number of aliphatic hydroxyl groups is 1. The van der Waals surface area contributed by atoms with Crippen molar-refractivity contribution in [3.8, 4) is 5.75 Å². The van der Waals surface area contributed by atoms with E-state index >= 15 is 0 Å². The van der Waals surface area contributed by atoms with Crippen molar-refractivity contribution in [3.63, 3.8) is 0 Å². The molecule has 0 bridgehead atoms. The molecule has 0 aromatic heterocycles. The highest BCUT2D eigenvalue weighted by molar-refractivity contribution is 6.09. The summed E-state index contributed by atoms with van der Waals surface area (Å²) in [4.78, 5) is 0. The van der Waals surface area contributed by atoms with Crippen LogP contribution in [0.1, 0.15) is 11.1 Å². The lowest BCUT2D eigenvalue weighted by Crippen LogP contribution is -2.13. The van der Waals surface area contributed by atoms with E-state index in [1.54, 1.807) is 30.3 Å². The second-order valence-electron chi connectivity index (χ2n) is 5.96. The first kappa shape index (κ1) is 15.4. The Morgan fingerprint density at radius 3 is 2.16 bits per heavy atom. The van der Waals surface area contributed by atoms with Gasteiger partial charge in [0.25, 0.3) is 0 Å². The maximum Gasteiger partial charge on any atom is 0.181 e. The zero-order valence-electron chi connectivity index (χ0n) is 13.1. The molecule has 1 unspecified atom stereocenters. The van der Waals surface area contributed by atoms with Gasteiger partial charge in [0, 0.05) is 5.57 Å². The van der Waals surface area contributed by atoms with Crippen LogP contribution in [0.5, 0.6) is 5.75 Å². The second-order valence-corrected chi connectivity index (χ2v) is 5.96. The number of phenols is 1. The zero-order chi connectivity index (χ0) is 17.6. The average Bonchev–Trinajstić information content (AvgIpc) is 3.00. The summed E-state index contributed by atoms with van der Waals surface area (Å²) in [5.41, 5.74) is 3.72. The van der Waals surface area contributed by atoms with Crippen LogP contribution >= 0.6 is 0 Å². The number of aromatic hydroxyl groups is 1. The van der Waals surface area contributed by atoms with Gasteiger partial charge >= 0.3 is 0 Å². The highest BCUT2D eigenvalue weighted by Crippen LogP contribution is 2.48. The average molecular weight is 336 g/mol. The van der Waals surface area contributed by atoms with Crippen molar-refractivity contribution in [2.24, 2.45) is 0 Å². The van der Waals surface area contributed by atoms with E-state index in [0.29, 0.717) is 5.57 Å². The van der Waals surface area contributed by atoms with E-state index in [4.69, 9.17) is 0 Å². The van der Waals surface area contributed by atoms with E-state index in [9.17, 15) is 19.0 Å². The molecular weight excluding hydrogens is 322 g/mol. The maximum absolute atomic E-state index is 14.5. The van der Waals surface area contributed by atoms with Crippen LogP contribution < -0.4 is 0 Å². The van der Waals surface area contributed by atoms with Gasteiger partial charge in [-0.25, -0.2) is 8.78 Å². The van der Waals surface area contributed by atoms with E-state index in [-0.39, 0.29) is 11.3 Å². The van der Waals surface area contributed by atoms with Gasteiger partial charge in [0.2, 0.25) is 0 Å². The molecule has 25 heavy (non-hydrogen) atoms. The molecule has 4 heteroatoms. The lowest BCUT2D eigenvalue weighted by molar-refractivity contribution is 0.319. The predicted octanol–water partition coefficient (Wildman–Crippen LogP) is 5.26. The summed E-state index contributed by atoms with van der Waals surface area (Å²) in [5.74, 6) is -1.73. The number of allylic oxidation sites excluding steroid dienone is 7. The number of benzene rings is 2. The number of aliphatic hydroxyl groups excluding tert-OH is 1. The van der Waals surface area contributed by atoms with Crippen LogP contribution in [0.15, 0.2) is 89.5 Å². The normalized spacial score (nSPS) is 19.7. The highest BCUT2D eigenvalue weighted by atomic mass is 19.2. The summed E-state index contributed by atoms with van der Waals surface area (Å²) in [7, 11) is 0. The Hall–Kier alpha value is -3.14. The zero-order valence-corrected chi connectivity index (χ0v) is 13.1. The van der Waals surface area contributed by atoms with Crippen LogP contribution in [0.25, 0.3) is 11.1 Å². The van der Waals surface area contributed by atoms with Gasteiger partial charge in [-0.05, 0) is 52.1 Å². The third kappa shape index (κ3) is 2.47. The molecule has 2 nitrogen and oxygen atoms in total. The monoisotopic (exact) mass is 336 g/mol. The quantitative estimate of drug-likeness (QED) is 0.785. The Labute approximate surface area is 143 Å². The Kier molecular flexibility index (Phi) is 3.53. The van der Waals surface area contributed by atoms with E-state index in [1.807, 2.05) is 30.3 Å². The minimum Gasteiger partial charge on any atom is -0.508 e. The third-order valence-electron chi connectivity index (χ3n) is 4.41. The van der Waals surface area contributed by atoms with Crippen LogP contribution in [-0.2, 0) is 0 Å². The van der Waals surface area contributed by atoms with Crippen molar-refractivity contribution in [2.75, 3.05) is 0 Å². The van der Waals surface area contributed by atoms with Crippen LogP contribution in [0.4, 0.5) is 8.78 Å². The molecule has 0 radical (unpaired) electrons. The minimum absolute atomic E-state index is 0.126. The lowest BCUT2D eigenvalue weighted by atomic mass is 9.89. The van der Waals surface area contributed by atoms with Gasteiger partial charge in [-0.3, -0.25) is 0 Å². The molecule has 0 heterocycles. The van der Waals surface area contributed by atoms with Crippen molar-refractivity contribution in [1.29, 1.82) is 0 Å². The number of fused-ring (bicyclic) bond motifs is 1. The predicted molar refractivity (Wildman–Crippen MR) is 93.2 cm³/mol. The fraction of sp³-hybridized carbons (Fsp3) is 0.0476. The Morgan fingerprint density at radius 2 is 1.48 bits per heavy atom. The third-order valence-corrected chi connectivity index (χ3v) is 4.41. The van der Waals surface area contributed by atoms with Crippen molar-refractivity contribution in [3.05, 3.63) is 101 Å². The first-order valence-corrected chi connectivity index (χ1v) is 7.82. The fourth-order valence-corrected chi connectivity index (χ4v) is 3.22. The van der Waals surface area contributed by atoms with Crippen molar-refractivity contribution in [2.45, 2.75) is 6.17 Å². The number of phenolic OH excluding ortho intramolecular Hbond substituents is 1. The number of halogens is 2. The molecule has 0 saturated heterocycles. The molecule has 124 valence electrons. The van der Waals surface area contributed by atoms with Gasteiger partial charge < -0.3 is 10.2 Å². The largest absolute Gasteiger partial charge is 0.508 e. The van der Waals surface area contributed by atoms with Crippen LogP contribution in [0.3, 0.4) is 0 Å². The van der Waals surface area contributed by atoms with Gasteiger partial charge in [0.1, 0.15) is 5.75 Å². The summed E-state index contributed by atoms with van der Waals surface area (Å²) < 4.78 is 28.3. The van der Waals surface area contributed by atoms with E-state index in [2.05, 4.69) is 0 Å². The number of hydrogen-bond acceptors (Lipinski definition) is 2.